The first kappa shape index (κ1) is 14.3. The molecule has 5 heteroatoms. The Bertz CT molecular complexity index is 563. The molecule has 5 nitrogen and oxygen atoms in total. The third kappa shape index (κ3) is 2.90. The predicted molar refractivity (Wildman–Crippen MR) is 75.7 cm³/mol. The minimum absolute atomic E-state index is 0.343. The smallest absolute Gasteiger partial charge is 0.308 e. The van der Waals surface area contributed by atoms with E-state index in [1.54, 1.807) is 18.9 Å². The first-order valence-electron chi connectivity index (χ1n) is 6.89. The molecule has 0 fully saturated rings. The second-order valence-corrected chi connectivity index (χ2v) is 5.40. The minimum Gasteiger partial charge on any atom is -0.481 e. The Morgan fingerprint density at radius 3 is 2.90 bits per heavy atom. The number of rotatable bonds is 4. The van der Waals surface area contributed by atoms with Gasteiger partial charge in [0.15, 0.2) is 0 Å². The maximum absolute atomic E-state index is 10.9. The van der Waals surface area contributed by atoms with Crippen molar-refractivity contribution in [3.8, 4) is 6.07 Å². The van der Waals surface area contributed by atoms with Gasteiger partial charge >= 0.3 is 5.97 Å². The molecule has 1 aliphatic rings. The van der Waals surface area contributed by atoms with Crippen LogP contribution >= 0.6 is 0 Å². The fourth-order valence-electron chi connectivity index (χ4n) is 2.57. The Kier molecular flexibility index (Phi) is 4.23. The van der Waals surface area contributed by atoms with E-state index >= 15 is 0 Å². The Hall–Kier alpha value is -2.09. The Labute approximate surface area is 118 Å². The lowest BCUT2D eigenvalue weighted by Crippen LogP contribution is -2.30. The number of aliphatic carboxylic acids is 1. The largest absolute Gasteiger partial charge is 0.481 e. The normalized spacial score (nSPS) is 15.1. The molecule has 1 aromatic heterocycles. The molecule has 0 spiro atoms. The van der Waals surface area contributed by atoms with E-state index in [4.69, 9.17) is 5.11 Å². The number of carboxylic acids is 1. The van der Waals surface area contributed by atoms with Gasteiger partial charge in [-0.05, 0) is 37.3 Å². The average molecular weight is 273 g/mol. The summed E-state index contributed by atoms with van der Waals surface area (Å²) in [4.78, 5) is 17.3. The lowest BCUT2D eigenvalue weighted by Gasteiger charge is -2.24. The summed E-state index contributed by atoms with van der Waals surface area (Å²) in [6.07, 6.45) is 4.19. The van der Waals surface area contributed by atoms with Crippen molar-refractivity contribution < 1.29 is 9.90 Å². The van der Waals surface area contributed by atoms with Gasteiger partial charge in [0, 0.05) is 19.3 Å². The van der Waals surface area contributed by atoms with Gasteiger partial charge in [-0.25, -0.2) is 4.98 Å². The third-order valence-electron chi connectivity index (χ3n) is 3.73. The minimum atomic E-state index is -0.840. The molecule has 1 N–H and O–H groups in total. The van der Waals surface area contributed by atoms with Crippen LogP contribution in [0.1, 0.15) is 36.6 Å². The van der Waals surface area contributed by atoms with Crippen molar-refractivity contribution in [2.75, 3.05) is 18.5 Å². The van der Waals surface area contributed by atoms with Gasteiger partial charge < -0.3 is 10.0 Å². The van der Waals surface area contributed by atoms with Crippen molar-refractivity contribution in [2.24, 2.45) is 5.92 Å². The Balaban J connectivity index is 2.30. The number of anilines is 1. The van der Waals surface area contributed by atoms with Crippen LogP contribution in [0.25, 0.3) is 0 Å². The molecule has 106 valence electrons. The highest BCUT2D eigenvalue weighted by Crippen LogP contribution is 2.26. The summed E-state index contributed by atoms with van der Waals surface area (Å²) < 4.78 is 0. The van der Waals surface area contributed by atoms with Gasteiger partial charge in [0.1, 0.15) is 11.9 Å². The van der Waals surface area contributed by atoms with Crippen LogP contribution in [0.15, 0.2) is 6.07 Å². The number of aromatic nitrogens is 1. The molecule has 0 radical (unpaired) electrons. The maximum atomic E-state index is 10.9. The SMILES string of the molecule is CC(CN(C)c1nc2c(cc1C#N)CCCC2)C(=O)O. The number of carboxylic acid groups (broad SMARTS) is 1. The van der Waals surface area contributed by atoms with Gasteiger partial charge in [0.05, 0.1) is 11.5 Å². The van der Waals surface area contributed by atoms with Crippen molar-refractivity contribution in [3.63, 3.8) is 0 Å². The standard InChI is InChI=1S/C15H19N3O2/c1-10(15(19)20)9-18(2)14-12(8-16)7-11-5-3-4-6-13(11)17-14/h7,10H,3-6,9H2,1-2H3,(H,19,20). The molecule has 0 aromatic carbocycles. The molecule has 2 rings (SSSR count). The van der Waals surface area contributed by atoms with Gasteiger partial charge in [-0.15, -0.1) is 0 Å². The lowest BCUT2D eigenvalue weighted by atomic mass is 9.95. The van der Waals surface area contributed by atoms with E-state index < -0.39 is 11.9 Å². The van der Waals surface area contributed by atoms with Crippen LogP contribution in [0.5, 0.6) is 0 Å². The summed E-state index contributed by atoms with van der Waals surface area (Å²) >= 11 is 0. The first-order chi connectivity index (χ1) is 9.52. The number of hydrogen-bond donors (Lipinski definition) is 1. The number of pyridine rings is 1. The summed E-state index contributed by atoms with van der Waals surface area (Å²) in [5, 5.41) is 18.3. The highest BCUT2D eigenvalue weighted by molar-refractivity contribution is 5.70. The van der Waals surface area contributed by atoms with Gasteiger partial charge in [0.2, 0.25) is 0 Å². The molecule has 20 heavy (non-hydrogen) atoms. The van der Waals surface area contributed by atoms with Crippen LogP contribution in [-0.4, -0.2) is 29.7 Å². The van der Waals surface area contributed by atoms with E-state index in [9.17, 15) is 10.1 Å². The predicted octanol–water partition coefficient (Wildman–Crippen LogP) is 1.99. The third-order valence-corrected chi connectivity index (χ3v) is 3.73. The van der Waals surface area contributed by atoms with E-state index in [0.29, 0.717) is 17.9 Å². The maximum Gasteiger partial charge on any atom is 0.308 e. The topological polar surface area (TPSA) is 77.2 Å². The van der Waals surface area contributed by atoms with Crippen molar-refractivity contribution in [1.82, 2.24) is 4.98 Å². The zero-order valence-electron chi connectivity index (χ0n) is 11.9. The highest BCUT2D eigenvalue weighted by atomic mass is 16.4. The van der Waals surface area contributed by atoms with Crippen molar-refractivity contribution in [1.29, 1.82) is 5.26 Å². The molecule has 1 unspecified atom stereocenters. The summed E-state index contributed by atoms with van der Waals surface area (Å²) in [6.45, 7) is 2.00. The number of aryl methyl sites for hydroxylation is 2. The number of nitriles is 1. The summed E-state index contributed by atoms with van der Waals surface area (Å²) in [5.74, 6) is -0.737. The summed E-state index contributed by atoms with van der Waals surface area (Å²) in [7, 11) is 1.79. The number of fused-ring (bicyclic) bond motifs is 1. The second-order valence-electron chi connectivity index (χ2n) is 5.40. The molecule has 1 aromatic rings. The number of nitrogens with zero attached hydrogens (tertiary/aromatic N) is 3. The van der Waals surface area contributed by atoms with Crippen LogP contribution in [0, 0.1) is 17.2 Å². The van der Waals surface area contributed by atoms with Crippen LogP contribution in [0.4, 0.5) is 5.82 Å². The fourth-order valence-corrected chi connectivity index (χ4v) is 2.57. The van der Waals surface area contributed by atoms with Crippen molar-refractivity contribution in [3.05, 3.63) is 22.9 Å². The zero-order valence-corrected chi connectivity index (χ0v) is 11.9. The molecule has 1 aliphatic carbocycles. The zero-order chi connectivity index (χ0) is 14.7. The summed E-state index contributed by atoms with van der Waals surface area (Å²) in [6, 6.07) is 4.09. The van der Waals surface area contributed by atoms with E-state index in [1.807, 2.05) is 6.07 Å². The summed E-state index contributed by atoms with van der Waals surface area (Å²) in [5.41, 5.74) is 2.75. The molecule has 0 amide bonds. The lowest BCUT2D eigenvalue weighted by molar-refractivity contribution is -0.140. The Morgan fingerprint density at radius 2 is 2.25 bits per heavy atom. The van der Waals surface area contributed by atoms with Crippen LogP contribution < -0.4 is 4.90 Å². The second kappa shape index (κ2) is 5.91. The molecule has 0 saturated heterocycles. The van der Waals surface area contributed by atoms with Crippen LogP contribution in [-0.2, 0) is 17.6 Å². The molecule has 1 atom stereocenters. The van der Waals surface area contributed by atoms with Crippen LogP contribution in [0.2, 0.25) is 0 Å². The Morgan fingerprint density at radius 1 is 1.55 bits per heavy atom. The molecule has 1 heterocycles. The molecule has 0 saturated carbocycles. The molecule has 0 aliphatic heterocycles. The van der Waals surface area contributed by atoms with Gasteiger partial charge in [-0.2, -0.15) is 5.26 Å². The molecular formula is C15H19N3O2. The van der Waals surface area contributed by atoms with Gasteiger partial charge in [0.25, 0.3) is 0 Å². The highest BCUT2D eigenvalue weighted by Gasteiger charge is 2.20. The van der Waals surface area contributed by atoms with Crippen LogP contribution in [0.3, 0.4) is 0 Å². The first-order valence-corrected chi connectivity index (χ1v) is 6.89. The van der Waals surface area contributed by atoms with E-state index in [1.165, 1.54) is 0 Å². The van der Waals surface area contributed by atoms with Crippen molar-refractivity contribution in [2.45, 2.75) is 32.6 Å². The molecule has 0 bridgehead atoms. The van der Waals surface area contributed by atoms with E-state index in [0.717, 1.165) is 36.9 Å². The van der Waals surface area contributed by atoms with Gasteiger partial charge in [-0.1, -0.05) is 6.92 Å². The van der Waals surface area contributed by atoms with Gasteiger partial charge in [-0.3, -0.25) is 4.79 Å². The number of carbonyl (C=O) groups is 1. The van der Waals surface area contributed by atoms with E-state index in [2.05, 4.69) is 11.1 Å². The monoisotopic (exact) mass is 273 g/mol. The fraction of sp³-hybridized carbons (Fsp3) is 0.533. The average Bonchev–Trinajstić information content (AvgIpc) is 2.45. The van der Waals surface area contributed by atoms with E-state index in [-0.39, 0.29) is 0 Å². The molecular weight excluding hydrogens is 254 g/mol. The van der Waals surface area contributed by atoms with Crippen molar-refractivity contribution >= 4 is 11.8 Å². The quantitative estimate of drug-likeness (QED) is 0.907. The number of hydrogen-bond acceptors (Lipinski definition) is 4.